The van der Waals surface area contributed by atoms with Gasteiger partial charge in [0.25, 0.3) is 0 Å². The van der Waals surface area contributed by atoms with E-state index in [9.17, 15) is 4.79 Å². The summed E-state index contributed by atoms with van der Waals surface area (Å²) in [5.41, 5.74) is 0.371. The Labute approximate surface area is 143 Å². The highest BCUT2D eigenvalue weighted by atomic mass is 35.5. The smallest absolute Gasteiger partial charge is 0.226 e. The number of carbonyl (C=O) groups excluding carboxylic acids is 1. The minimum atomic E-state index is 0. The number of piperidine rings is 1. The van der Waals surface area contributed by atoms with E-state index in [4.69, 9.17) is 0 Å². The summed E-state index contributed by atoms with van der Waals surface area (Å²) < 4.78 is 0. The SMILES string of the molecule is CC(C)CCN(CCC(C)C)C(=O)C1CC12CCNCC2.Cl. The Morgan fingerprint density at radius 3 is 2.05 bits per heavy atom. The highest BCUT2D eigenvalue weighted by molar-refractivity contribution is 5.85. The monoisotopic (exact) mass is 330 g/mol. The number of rotatable bonds is 7. The van der Waals surface area contributed by atoms with E-state index in [0.29, 0.717) is 29.1 Å². The van der Waals surface area contributed by atoms with E-state index in [1.165, 1.54) is 12.8 Å². The molecule has 2 fully saturated rings. The van der Waals surface area contributed by atoms with Crippen LogP contribution >= 0.6 is 12.4 Å². The van der Waals surface area contributed by atoms with Gasteiger partial charge >= 0.3 is 0 Å². The summed E-state index contributed by atoms with van der Waals surface area (Å²) in [4.78, 5) is 15.1. The van der Waals surface area contributed by atoms with Gasteiger partial charge in [-0.05, 0) is 62.4 Å². The summed E-state index contributed by atoms with van der Waals surface area (Å²) in [6, 6.07) is 0. The lowest BCUT2D eigenvalue weighted by Crippen LogP contribution is -2.38. The molecule has 0 radical (unpaired) electrons. The van der Waals surface area contributed by atoms with Crippen molar-refractivity contribution >= 4 is 18.3 Å². The zero-order chi connectivity index (χ0) is 15.5. The van der Waals surface area contributed by atoms with Crippen LogP contribution in [0.4, 0.5) is 0 Å². The fraction of sp³-hybridized carbons (Fsp3) is 0.944. The van der Waals surface area contributed by atoms with Gasteiger partial charge in [0, 0.05) is 19.0 Å². The lowest BCUT2D eigenvalue weighted by atomic mass is 9.91. The van der Waals surface area contributed by atoms with Crippen LogP contribution in [0.5, 0.6) is 0 Å². The maximum absolute atomic E-state index is 12.9. The first-order valence-corrected chi connectivity index (χ1v) is 8.94. The van der Waals surface area contributed by atoms with E-state index < -0.39 is 0 Å². The van der Waals surface area contributed by atoms with Crippen LogP contribution < -0.4 is 5.32 Å². The summed E-state index contributed by atoms with van der Waals surface area (Å²) >= 11 is 0. The van der Waals surface area contributed by atoms with Gasteiger partial charge in [0.15, 0.2) is 0 Å². The topological polar surface area (TPSA) is 32.3 Å². The lowest BCUT2D eigenvalue weighted by Gasteiger charge is -2.28. The van der Waals surface area contributed by atoms with Crippen molar-refractivity contribution in [2.75, 3.05) is 26.2 Å². The number of halogens is 1. The van der Waals surface area contributed by atoms with Crippen LogP contribution in [0.15, 0.2) is 0 Å². The molecule has 1 saturated carbocycles. The summed E-state index contributed by atoms with van der Waals surface area (Å²) in [6.45, 7) is 13.1. The van der Waals surface area contributed by atoms with Crippen molar-refractivity contribution in [3.05, 3.63) is 0 Å². The second kappa shape index (κ2) is 8.54. The van der Waals surface area contributed by atoms with Gasteiger partial charge in [-0.3, -0.25) is 4.79 Å². The summed E-state index contributed by atoms with van der Waals surface area (Å²) in [5, 5.41) is 3.42. The normalized spacial score (nSPS) is 22.7. The molecule has 1 amide bonds. The van der Waals surface area contributed by atoms with Crippen LogP contribution in [0.25, 0.3) is 0 Å². The van der Waals surface area contributed by atoms with Gasteiger partial charge in [0.05, 0.1) is 0 Å². The molecule has 4 heteroatoms. The molecule has 22 heavy (non-hydrogen) atoms. The molecule has 1 aliphatic heterocycles. The fourth-order valence-corrected chi connectivity index (χ4v) is 3.55. The third-order valence-corrected chi connectivity index (χ3v) is 5.35. The Morgan fingerprint density at radius 2 is 1.59 bits per heavy atom. The third-order valence-electron chi connectivity index (χ3n) is 5.35. The molecular formula is C18H35ClN2O. The minimum Gasteiger partial charge on any atom is -0.342 e. The Morgan fingerprint density at radius 1 is 1.09 bits per heavy atom. The lowest BCUT2D eigenvalue weighted by molar-refractivity contribution is -0.134. The molecular weight excluding hydrogens is 296 g/mol. The molecule has 1 heterocycles. The van der Waals surface area contributed by atoms with Gasteiger partial charge in [-0.2, -0.15) is 0 Å². The molecule has 1 atom stereocenters. The Kier molecular flexibility index (Phi) is 7.67. The van der Waals surface area contributed by atoms with E-state index in [-0.39, 0.29) is 12.4 Å². The van der Waals surface area contributed by atoms with Crippen molar-refractivity contribution in [1.82, 2.24) is 10.2 Å². The number of carbonyl (C=O) groups is 1. The van der Waals surface area contributed by atoms with Crippen LogP contribution in [-0.2, 0) is 4.79 Å². The van der Waals surface area contributed by atoms with Crippen molar-refractivity contribution in [2.45, 2.75) is 59.8 Å². The first-order chi connectivity index (χ1) is 9.94. The zero-order valence-electron chi connectivity index (χ0n) is 14.9. The average Bonchev–Trinajstić information content (AvgIpc) is 3.12. The molecule has 1 N–H and O–H groups in total. The first kappa shape index (κ1) is 19.8. The maximum Gasteiger partial charge on any atom is 0.226 e. The van der Waals surface area contributed by atoms with Crippen molar-refractivity contribution in [3.63, 3.8) is 0 Å². The average molecular weight is 331 g/mol. The molecule has 1 aliphatic carbocycles. The van der Waals surface area contributed by atoms with Gasteiger partial charge in [-0.25, -0.2) is 0 Å². The van der Waals surface area contributed by atoms with Crippen LogP contribution in [0.2, 0.25) is 0 Å². The number of hydrogen-bond acceptors (Lipinski definition) is 2. The zero-order valence-corrected chi connectivity index (χ0v) is 15.7. The summed E-state index contributed by atoms with van der Waals surface area (Å²) in [5.74, 6) is 2.13. The molecule has 1 spiro atoms. The van der Waals surface area contributed by atoms with Crippen molar-refractivity contribution in [3.8, 4) is 0 Å². The number of nitrogens with zero attached hydrogens (tertiary/aromatic N) is 1. The van der Waals surface area contributed by atoms with E-state index in [0.717, 1.165) is 45.4 Å². The van der Waals surface area contributed by atoms with Gasteiger partial charge in [-0.1, -0.05) is 27.7 Å². The quantitative estimate of drug-likeness (QED) is 0.771. The second-order valence-electron chi connectivity index (χ2n) is 8.06. The fourth-order valence-electron chi connectivity index (χ4n) is 3.55. The van der Waals surface area contributed by atoms with E-state index in [1.807, 2.05) is 0 Å². The highest BCUT2D eigenvalue weighted by Crippen LogP contribution is 2.59. The molecule has 1 saturated heterocycles. The number of amides is 1. The molecule has 130 valence electrons. The van der Waals surface area contributed by atoms with Crippen molar-refractivity contribution < 1.29 is 4.79 Å². The summed E-state index contributed by atoms with van der Waals surface area (Å²) in [6.07, 6.45) is 5.81. The van der Waals surface area contributed by atoms with Gasteiger partial charge in [0.1, 0.15) is 0 Å². The predicted octanol–water partition coefficient (Wildman–Crippen LogP) is 3.72. The molecule has 2 rings (SSSR count). The van der Waals surface area contributed by atoms with E-state index in [2.05, 4.69) is 37.9 Å². The standard InChI is InChI=1S/C18H34N2O.ClH/c1-14(2)5-11-20(12-6-15(3)4)17(21)16-13-18(16)7-9-19-10-8-18;/h14-16,19H,5-13H2,1-4H3;1H. The van der Waals surface area contributed by atoms with Crippen LogP contribution in [0.3, 0.4) is 0 Å². The largest absolute Gasteiger partial charge is 0.342 e. The molecule has 0 aromatic rings. The van der Waals surface area contributed by atoms with Gasteiger partial charge in [-0.15, -0.1) is 12.4 Å². The number of nitrogens with one attached hydrogen (secondary N) is 1. The highest BCUT2D eigenvalue weighted by Gasteiger charge is 2.58. The van der Waals surface area contributed by atoms with Gasteiger partial charge < -0.3 is 10.2 Å². The number of hydrogen-bond donors (Lipinski definition) is 1. The maximum atomic E-state index is 12.9. The Balaban J connectivity index is 0.00000242. The first-order valence-electron chi connectivity index (χ1n) is 8.94. The molecule has 3 nitrogen and oxygen atoms in total. The Bertz CT molecular complexity index is 339. The summed E-state index contributed by atoms with van der Waals surface area (Å²) in [7, 11) is 0. The molecule has 1 unspecified atom stereocenters. The molecule has 0 aromatic carbocycles. The van der Waals surface area contributed by atoms with Crippen molar-refractivity contribution in [1.29, 1.82) is 0 Å². The van der Waals surface area contributed by atoms with Crippen LogP contribution in [-0.4, -0.2) is 37.0 Å². The third kappa shape index (κ3) is 5.13. The van der Waals surface area contributed by atoms with Crippen molar-refractivity contribution in [2.24, 2.45) is 23.2 Å². The molecule has 0 aromatic heterocycles. The van der Waals surface area contributed by atoms with Crippen LogP contribution in [0.1, 0.15) is 59.8 Å². The van der Waals surface area contributed by atoms with Crippen LogP contribution in [0, 0.1) is 23.2 Å². The predicted molar refractivity (Wildman–Crippen MR) is 95.4 cm³/mol. The van der Waals surface area contributed by atoms with E-state index >= 15 is 0 Å². The second-order valence-corrected chi connectivity index (χ2v) is 8.06. The van der Waals surface area contributed by atoms with E-state index in [1.54, 1.807) is 0 Å². The molecule has 0 bridgehead atoms. The van der Waals surface area contributed by atoms with Gasteiger partial charge in [0.2, 0.25) is 5.91 Å². The minimum absolute atomic E-state index is 0. The molecule has 2 aliphatic rings. The Hall–Kier alpha value is -0.280.